The fourth-order valence-corrected chi connectivity index (χ4v) is 3.10. The SMILES string of the molecule is CCc1nc(COc2ccc(C(=O)NC3CCCC3CN)cc2)no1.Cl. The van der Waals surface area contributed by atoms with E-state index in [1.165, 1.54) is 0 Å². The minimum absolute atomic E-state index is 0. The van der Waals surface area contributed by atoms with Crippen LogP contribution in [-0.2, 0) is 13.0 Å². The van der Waals surface area contributed by atoms with Gasteiger partial charge in [-0.3, -0.25) is 4.79 Å². The van der Waals surface area contributed by atoms with Crippen LogP contribution in [0.4, 0.5) is 0 Å². The molecule has 2 aromatic rings. The predicted octanol–water partition coefficient (Wildman–Crippen LogP) is 2.49. The lowest BCUT2D eigenvalue weighted by Gasteiger charge is -2.19. The summed E-state index contributed by atoms with van der Waals surface area (Å²) >= 11 is 0. The molecule has 0 saturated heterocycles. The molecule has 1 fully saturated rings. The van der Waals surface area contributed by atoms with Crippen LogP contribution in [0.1, 0.15) is 48.3 Å². The molecule has 0 radical (unpaired) electrons. The number of halogens is 1. The van der Waals surface area contributed by atoms with E-state index in [1.54, 1.807) is 24.3 Å². The van der Waals surface area contributed by atoms with Crippen molar-refractivity contribution in [2.45, 2.75) is 45.3 Å². The molecule has 1 aliphatic carbocycles. The molecular formula is C18H25ClN4O3. The quantitative estimate of drug-likeness (QED) is 0.764. The van der Waals surface area contributed by atoms with Crippen molar-refractivity contribution in [3.63, 3.8) is 0 Å². The van der Waals surface area contributed by atoms with E-state index in [-0.39, 0.29) is 31.0 Å². The summed E-state index contributed by atoms with van der Waals surface area (Å²) in [5, 5.41) is 6.93. The maximum atomic E-state index is 12.4. The monoisotopic (exact) mass is 380 g/mol. The van der Waals surface area contributed by atoms with Crippen LogP contribution in [0.25, 0.3) is 0 Å². The van der Waals surface area contributed by atoms with Crippen LogP contribution in [0.15, 0.2) is 28.8 Å². The third-order valence-corrected chi connectivity index (χ3v) is 4.58. The summed E-state index contributed by atoms with van der Waals surface area (Å²) in [4.78, 5) is 16.5. The maximum absolute atomic E-state index is 12.4. The first-order valence-corrected chi connectivity index (χ1v) is 8.75. The van der Waals surface area contributed by atoms with Crippen molar-refractivity contribution in [3.05, 3.63) is 41.5 Å². The number of hydrogen-bond donors (Lipinski definition) is 2. The second kappa shape index (κ2) is 9.54. The molecule has 0 spiro atoms. The zero-order valence-corrected chi connectivity index (χ0v) is 15.6. The van der Waals surface area contributed by atoms with E-state index in [1.807, 2.05) is 6.92 Å². The first-order chi connectivity index (χ1) is 12.2. The third-order valence-electron chi connectivity index (χ3n) is 4.58. The highest BCUT2D eigenvalue weighted by atomic mass is 35.5. The van der Waals surface area contributed by atoms with Crippen LogP contribution in [0, 0.1) is 5.92 Å². The largest absolute Gasteiger partial charge is 0.485 e. The summed E-state index contributed by atoms with van der Waals surface area (Å²) in [7, 11) is 0. The third kappa shape index (κ3) is 4.95. The van der Waals surface area contributed by atoms with Crippen LogP contribution < -0.4 is 15.8 Å². The average Bonchev–Trinajstić information content (AvgIpc) is 3.29. The highest BCUT2D eigenvalue weighted by molar-refractivity contribution is 5.94. The molecule has 1 saturated carbocycles. The minimum atomic E-state index is -0.0670. The van der Waals surface area contributed by atoms with Crippen LogP contribution >= 0.6 is 12.4 Å². The van der Waals surface area contributed by atoms with Crippen molar-refractivity contribution in [3.8, 4) is 5.75 Å². The first-order valence-electron chi connectivity index (χ1n) is 8.75. The Bertz CT molecular complexity index is 705. The fourth-order valence-electron chi connectivity index (χ4n) is 3.10. The molecule has 142 valence electrons. The molecule has 2 atom stereocenters. The molecule has 8 heteroatoms. The number of nitrogens with one attached hydrogen (secondary N) is 1. The first kappa shape index (κ1) is 20.2. The molecule has 2 unspecified atom stereocenters. The van der Waals surface area contributed by atoms with E-state index in [4.69, 9.17) is 15.0 Å². The number of benzene rings is 1. The van der Waals surface area contributed by atoms with Crippen molar-refractivity contribution in [1.82, 2.24) is 15.5 Å². The highest BCUT2D eigenvalue weighted by Gasteiger charge is 2.27. The Morgan fingerprint density at radius 3 is 2.77 bits per heavy atom. The van der Waals surface area contributed by atoms with Gasteiger partial charge in [0.05, 0.1) is 0 Å². The van der Waals surface area contributed by atoms with Gasteiger partial charge in [0.1, 0.15) is 5.75 Å². The van der Waals surface area contributed by atoms with Crippen molar-refractivity contribution >= 4 is 18.3 Å². The smallest absolute Gasteiger partial charge is 0.251 e. The second-order valence-corrected chi connectivity index (χ2v) is 6.28. The summed E-state index contributed by atoms with van der Waals surface area (Å²) in [6.45, 7) is 2.80. The number of nitrogens with zero attached hydrogens (tertiary/aromatic N) is 2. The van der Waals surface area contributed by atoms with Crippen LogP contribution in [0.5, 0.6) is 5.75 Å². The number of hydrogen-bond acceptors (Lipinski definition) is 6. The number of nitrogens with two attached hydrogens (primary N) is 1. The Morgan fingerprint density at radius 2 is 2.12 bits per heavy atom. The van der Waals surface area contributed by atoms with Crippen molar-refractivity contribution in [1.29, 1.82) is 0 Å². The summed E-state index contributed by atoms with van der Waals surface area (Å²) in [5.74, 6) is 2.07. The lowest BCUT2D eigenvalue weighted by atomic mass is 10.0. The van der Waals surface area contributed by atoms with E-state index in [2.05, 4.69) is 15.5 Å². The maximum Gasteiger partial charge on any atom is 0.251 e. The molecule has 1 aromatic heterocycles. The van der Waals surface area contributed by atoms with Gasteiger partial charge in [-0.05, 0) is 49.6 Å². The average molecular weight is 381 g/mol. The van der Waals surface area contributed by atoms with Gasteiger partial charge >= 0.3 is 0 Å². The molecule has 1 aliphatic rings. The Hall–Kier alpha value is -2.12. The van der Waals surface area contributed by atoms with Crippen molar-refractivity contribution in [2.24, 2.45) is 11.7 Å². The van der Waals surface area contributed by atoms with Gasteiger partial charge in [0, 0.05) is 18.0 Å². The highest BCUT2D eigenvalue weighted by Crippen LogP contribution is 2.25. The molecule has 1 heterocycles. The lowest BCUT2D eigenvalue weighted by molar-refractivity contribution is 0.0928. The molecule has 0 bridgehead atoms. The van der Waals surface area contributed by atoms with E-state index >= 15 is 0 Å². The van der Waals surface area contributed by atoms with Gasteiger partial charge in [-0.2, -0.15) is 4.98 Å². The van der Waals surface area contributed by atoms with Gasteiger partial charge < -0.3 is 20.3 Å². The zero-order valence-electron chi connectivity index (χ0n) is 14.8. The fraction of sp³-hybridized carbons (Fsp3) is 0.500. The van der Waals surface area contributed by atoms with Crippen LogP contribution in [-0.4, -0.2) is 28.6 Å². The molecule has 0 aliphatic heterocycles. The molecule has 1 amide bonds. The number of ether oxygens (including phenoxy) is 1. The molecule has 26 heavy (non-hydrogen) atoms. The van der Waals surface area contributed by atoms with Gasteiger partial charge in [0.25, 0.3) is 5.91 Å². The zero-order chi connectivity index (χ0) is 17.6. The lowest BCUT2D eigenvalue weighted by Crippen LogP contribution is -2.39. The van der Waals surface area contributed by atoms with Gasteiger partial charge in [0.2, 0.25) is 11.7 Å². The van der Waals surface area contributed by atoms with Crippen molar-refractivity contribution in [2.75, 3.05) is 6.54 Å². The van der Waals surface area contributed by atoms with Crippen molar-refractivity contribution < 1.29 is 14.1 Å². The standard InChI is InChI=1S/C18H24N4O3.ClH/c1-2-17-21-16(22-25-17)11-24-14-8-6-12(7-9-14)18(23)20-15-5-3-4-13(15)10-19;/h6-9,13,15H,2-5,10-11,19H2,1H3,(H,20,23);1H. The number of rotatable bonds is 7. The molecular weight excluding hydrogens is 356 g/mol. The number of aromatic nitrogens is 2. The van der Waals surface area contributed by atoms with E-state index < -0.39 is 0 Å². The van der Waals surface area contributed by atoms with E-state index in [0.29, 0.717) is 41.9 Å². The Balaban J connectivity index is 0.00000243. The minimum Gasteiger partial charge on any atom is -0.485 e. The van der Waals surface area contributed by atoms with Gasteiger partial charge in [-0.25, -0.2) is 0 Å². The number of aryl methyl sites for hydroxylation is 1. The number of carbonyl (C=O) groups is 1. The molecule has 7 nitrogen and oxygen atoms in total. The summed E-state index contributed by atoms with van der Waals surface area (Å²) in [5.41, 5.74) is 6.38. The normalized spacial score (nSPS) is 19.0. The number of amides is 1. The predicted molar refractivity (Wildman–Crippen MR) is 99.3 cm³/mol. The summed E-state index contributed by atoms with van der Waals surface area (Å²) < 4.78 is 10.7. The topological polar surface area (TPSA) is 103 Å². The van der Waals surface area contributed by atoms with Crippen LogP contribution in [0.2, 0.25) is 0 Å². The van der Waals surface area contributed by atoms with Gasteiger partial charge in [-0.15, -0.1) is 12.4 Å². The molecule has 3 N–H and O–H groups in total. The van der Waals surface area contributed by atoms with E-state index in [9.17, 15) is 4.79 Å². The summed E-state index contributed by atoms with van der Waals surface area (Å²) in [6, 6.07) is 7.23. The Kier molecular flexibility index (Phi) is 7.41. The number of carbonyl (C=O) groups excluding carboxylic acids is 1. The molecule has 1 aromatic carbocycles. The second-order valence-electron chi connectivity index (χ2n) is 6.28. The Labute approximate surface area is 159 Å². The molecule has 3 rings (SSSR count). The van der Waals surface area contributed by atoms with Crippen LogP contribution in [0.3, 0.4) is 0 Å². The summed E-state index contributed by atoms with van der Waals surface area (Å²) in [6.07, 6.45) is 3.90. The van der Waals surface area contributed by atoms with Gasteiger partial charge in [-0.1, -0.05) is 18.5 Å². The Morgan fingerprint density at radius 1 is 1.35 bits per heavy atom. The van der Waals surface area contributed by atoms with Gasteiger partial charge in [0.15, 0.2) is 6.61 Å². The van der Waals surface area contributed by atoms with E-state index in [0.717, 1.165) is 19.3 Å².